The van der Waals surface area contributed by atoms with Crippen LogP contribution in [0.15, 0.2) is 0 Å². The van der Waals surface area contributed by atoms with Crippen LogP contribution in [-0.2, 0) is 10.2 Å². The Kier molecular flexibility index (Phi) is 2.31. The molecule has 0 aromatic rings. The molecule has 2 fully saturated rings. The highest BCUT2D eigenvalue weighted by atomic mass is 32.2. The molecular weight excluding hydrogens is 190 g/mol. The van der Waals surface area contributed by atoms with Crippen LogP contribution in [0.25, 0.3) is 0 Å². The third-order valence-electron chi connectivity index (χ3n) is 2.73. The van der Waals surface area contributed by atoms with Crippen LogP contribution in [0, 0.1) is 5.92 Å². The van der Waals surface area contributed by atoms with E-state index in [2.05, 4.69) is 5.32 Å². The molecule has 1 saturated carbocycles. The van der Waals surface area contributed by atoms with Gasteiger partial charge in [0.2, 0.25) is 0 Å². The molecule has 2 rings (SSSR count). The smallest absolute Gasteiger partial charge is 0.277 e. The molecule has 1 unspecified atom stereocenters. The van der Waals surface area contributed by atoms with Gasteiger partial charge in [0.25, 0.3) is 10.2 Å². The van der Waals surface area contributed by atoms with Crippen LogP contribution in [-0.4, -0.2) is 38.4 Å². The number of nitrogens with one attached hydrogen (secondary N) is 1. The van der Waals surface area contributed by atoms with Gasteiger partial charge in [-0.05, 0) is 18.8 Å². The molecule has 1 aliphatic heterocycles. The van der Waals surface area contributed by atoms with E-state index in [1.54, 1.807) is 0 Å². The zero-order valence-electron chi connectivity index (χ0n) is 7.44. The lowest BCUT2D eigenvalue weighted by molar-refractivity contribution is 0.244. The van der Waals surface area contributed by atoms with Gasteiger partial charge in [-0.15, -0.1) is 0 Å². The van der Waals surface area contributed by atoms with Crippen molar-refractivity contribution in [3.63, 3.8) is 0 Å². The largest absolute Gasteiger partial charge is 0.314 e. The first-order valence-corrected chi connectivity index (χ1v) is 6.09. The average Bonchev–Trinajstić information content (AvgIpc) is 2.85. The van der Waals surface area contributed by atoms with E-state index in [9.17, 15) is 8.42 Å². The Bertz CT molecular complexity index is 286. The van der Waals surface area contributed by atoms with E-state index in [0.29, 0.717) is 19.0 Å². The van der Waals surface area contributed by atoms with Crippen molar-refractivity contribution in [1.29, 1.82) is 0 Å². The molecule has 6 heteroatoms. The third-order valence-corrected chi connectivity index (χ3v) is 3.83. The molecule has 1 saturated heterocycles. The van der Waals surface area contributed by atoms with Gasteiger partial charge in [-0.25, -0.2) is 5.14 Å². The topological polar surface area (TPSA) is 75.4 Å². The molecule has 3 N–H and O–H groups in total. The van der Waals surface area contributed by atoms with Crippen molar-refractivity contribution in [3.05, 3.63) is 0 Å². The van der Waals surface area contributed by atoms with Gasteiger partial charge < -0.3 is 5.32 Å². The molecule has 0 aromatic heterocycles. The number of nitrogens with two attached hydrogens (primary N) is 1. The first-order valence-electron chi connectivity index (χ1n) is 4.59. The van der Waals surface area contributed by atoms with Crippen molar-refractivity contribution in [1.82, 2.24) is 9.62 Å². The van der Waals surface area contributed by atoms with E-state index in [0.717, 1.165) is 19.4 Å². The maximum atomic E-state index is 11.2. The number of nitrogens with zero attached hydrogens (tertiary/aromatic N) is 1. The second-order valence-corrected chi connectivity index (χ2v) is 5.26. The van der Waals surface area contributed by atoms with E-state index in [1.165, 1.54) is 4.31 Å². The summed E-state index contributed by atoms with van der Waals surface area (Å²) >= 11 is 0. The first-order chi connectivity index (χ1) is 6.09. The van der Waals surface area contributed by atoms with E-state index < -0.39 is 10.2 Å². The van der Waals surface area contributed by atoms with Crippen LogP contribution in [0.2, 0.25) is 0 Å². The summed E-state index contributed by atoms with van der Waals surface area (Å²) in [5.41, 5.74) is 0. The van der Waals surface area contributed by atoms with Crippen molar-refractivity contribution < 1.29 is 8.42 Å². The fourth-order valence-corrected chi connectivity index (χ4v) is 2.88. The molecular formula is C7H15N3O2S. The van der Waals surface area contributed by atoms with Crippen LogP contribution in [0.3, 0.4) is 0 Å². The molecule has 1 aliphatic carbocycles. The highest BCUT2D eigenvalue weighted by molar-refractivity contribution is 7.86. The Balaban J connectivity index is 2.12. The van der Waals surface area contributed by atoms with Crippen LogP contribution in [0.4, 0.5) is 0 Å². The number of hydrogen-bond donors (Lipinski definition) is 2. The summed E-state index contributed by atoms with van der Waals surface area (Å²) in [6, 6.07) is 0.101. The SMILES string of the molecule is NS(=O)(=O)N1CCNCC1C1CC1. The minimum Gasteiger partial charge on any atom is -0.314 e. The van der Waals surface area contributed by atoms with E-state index in [-0.39, 0.29) is 6.04 Å². The quantitative estimate of drug-likeness (QED) is 0.599. The summed E-state index contributed by atoms with van der Waals surface area (Å²) in [5.74, 6) is 0.533. The van der Waals surface area contributed by atoms with Gasteiger partial charge in [0.05, 0.1) is 0 Å². The highest BCUT2D eigenvalue weighted by Gasteiger charge is 2.40. The lowest BCUT2D eigenvalue weighted by atomic mass is 10.1. The Morgan fingerprint density at radius 1 is 1.38 bits per heavy atom. The maximum Gasteiger partial charge on any atom is 0.277 e. The number of hydrogen-bond acceptors (Lipinski definition) is 3. The summed E-state index contributed by atoms with van der Waals surface area (Å²) < 4.78 is 23.9. The zero-order chi connectivity index (χ0) is 9.47. The molecule has 0 radical (unpaired) electrons. The average molecular weight is 205 g/mol. The summed E-state index contributed by atoms with van der Waals surface area (Å²) in [7, 11) is -3.49. The molecule has 1 atom stereocenters. The molecule has 13 heavy (non-hydrogen) atoms. The summed E-state index contributed by atoms with van der Waals surface area (Å²) in [6.07, 6.45) is 2.27. The summed E-state index contributed by atoms with van der Waals surface area (Å²) in [6.45, 7) is 1.97. The molecule has 5 nitrogen and oxygen atoms in total. The molecule has 0 spiro atoms. The fraction of sp³-hybridized carbons (Fsp3) is 1.00. The molecule has 0 aromatic carbocycles. The molecule has 0 amide bonds. The second kappa shape index (κ2) is 3.20. The number of rotatable bonds is 2. The summed E-state index contributed by atoms with van der Waals surface area (Å²) in [4.78, 5) is 0. The van der Waals surface area contributed by atoms with Crippen LogP contribution >= 0.6 is 0 Å². The van der Waals surface area contributed by atoms with Crippen LogP contribution < -0.4 is 10.5 Å². The predicted molar refractivity (Wildman–Crippen MR) is 49.2 cm³/mol. The van der Waals surface area contributed by atoms with E-state index >= 15 is 0 Å². The van der Waals surface area contributed by atoms with Crippen molar-refractivity contribution in [2.75, 3.05) is 19.6 Å². The van der Waals surface area contributed by atoms with Gasteiger partial charge in [0.15, 0.2) is 0 Å². The van der Waals surface area contributed by atoms with Gasteiger partial charge in [0, 0.05) is 25.7 Å². The molecule has 0 bridgehead atoms. The third kappa shape index (κ3) is 2.01. The van der Waals surface area contributed by atoms with Crippen molar-refractivity contribution in [3.8, 4) is 0 Å². The van der Waals surface area contributed by atoms with Crippen molar-refractivity contribution in [2.24, 2.45) is 11.1 Å². The van der Waals surface area contributed by atoms with Gasteiger partial charge in [-0.2, -0.15) is 12.7 Å². The minimum atomic E-state index is -3.49. The first kappa shape index (κ1) is 9.39. The van der Waals surface area contributed by atoms with Gasteiger partial charge in [-0.3, -0.25) is 0 Å². The number of piperazine rings is 1. The molecule has 1 heterocycles. The maximum absolute atomic E-state index is 11.2. The van der Waals surface area contributed by atoms with Crippen LogP contribution in [0.1, 0.15) is 12.8 Å². The standard InChI is InChI=1S/C7H15N3O2S/c8-13(11,12)10-4-3-9-5-7(10)6-1-2-6/h6-7,9H,1-5H2,(H2,8,11,12). The van der Waals surface area contributed by atoms with Crippen molar-refractivity contribution in [2.45, 2.75) is 18.9 Å². The highest BCUT2D eigenvalue weighted by Crippen LogP contribution is 2.36. The Morgan fingerprint density at radius 2 is 2.08 bits per heavy atom. The Morgan fingerprint density at radius 3 is 2.62 bits per heavy atom. The Labute approximate surface area is 78.5 Å². The van der Waals surface area contributed by atoms with E-state index in [1.807, 2.05) is 0 Å². The Hall–Kier alpha value is -0.170. The molecule has 76 valence electrons. The fourth-order valence-electron chi connectivity index (χ4n) is 1.91. The van der Waals surface area contributed by atoms with Crippen LogP contribution in [0.5, 0.6) is 0 Å². The monoisotopic (exact) mass is 205 g/mol. The lowest BCUT2D eigenvalue weighted by Crippen LogP contribution is -2.56. The van der Waals surface area contributed by atoms with Gasteiger partial charge in [-0.1, -0.05) is 0 Å². The normalized spacial score (nSPS) is 31.9. The van der Waals surface area contributed by atoms with Gasteiger partial charge >= 0.3 is 0 Å². The predicted octanol–water partition coefficient (Wildman–Crippen LogP) is -1.13. The van der Waals surface area contributed by atoms with E-state index in [4.69, 9.17) is 5.14 Å². The molecule has 2 aliphatic rings. The lowest BCUT2D eigenvalue weighted by Gasteiger charge is -2.33. The van der Waals surface area contributed by atoms with Crippen molar-refractivity contribution >= 4 is 10.2 Å². The van der Waals surface area contributed by atoms with Gasteiger partial charge in [0.1, 0.15) is 0 Å². The minimum absolute atomic E-state index is 0.101. The summed E-state index contributed by atoms with van der Waals surface area (Å²) in [5, 5.41) is 8.33. The zero-order valence-corrected chi connectivity index (χ0v) is 8.26. The second-order valence-electron chi connectivity index (χ2n) is 3.76.